The van der Waals surface area contributed by atoms with Crippen LogP contribution in [0.15, 0.2) is 47.5 Å². The van der Waals surface area contributed by atoms with Gasteiger partial charge in [0, 0.05) is 12.1 Å². The highest BCUT2D eigenvalue weighted by molar-refractivity contribution is 5.48. The van der Waals surface area contributed by atoms with E-state index in [1.807, 2.05) is 18.2 Å². The third kappa shape index (κ3) is 2.54. The first-order valence-corrected chi connectivity index (χ1v) is 6.45. The summed E-state index contributed by atoms with van der Waals surface area (Å²) in [6.45, 7) is 2.09. The summed E-state index contributed by atoms with van der Waals surface area (Å²) >= 11 is 0. The summed E-state index contributed by atoms with van der Waals surface area (Å²) in [4.78, 5) is 15.6. The zero-order valence-electron chi connectivity index (χ0n) is 11.1. The Kier molecular flexibility index (Phi) is 3.20. The zero-order chi connectivity index (χ0) is 13.9. The quantitative estimate of drug-likeness (QED) is 0.752. The molecule has 0 saturated carbocycles. The monoisotopic (exact) mass is 269 g/mol. The van der Waals surface area contributed by atoms with Crippen molar-refractivity contribution in [1.29, 1.82) is 0 Å². The molecule has 3 aromatic rings. The van der Waals surface area contributed by atoms with E-state index in [0.717, 1.165) is 6.42 Å². The summed E-state index contributed by atoms with van der Waals surface area (Å²) < 4.78 is 1.37. The van der Waals surface area contributed by atoms with Crippen LogP contribution in [0.25, 0.3) is 5.65 Å². The van der Waals surface area contributed by atoms with Crippen molar-refractivity contribution < 1.29 is 0 Å². The van der Waals surface area contributed by atoms with Gasteiger partial charge < -0.3 is 5.32 Å². The van der Waals surface area contributed by atoms with E-state index < -0.39 is 0 Å². The van der Waals surface area contributed by atoms with E-state index in [1.54, 1.807) is 6.07 Å². The van der Waals surface area contributed by atoms with Crippen LogP contribution < -0.4 is 11.0 Å². The van der Waals surface area contributed by atoms with E-state index in [9.17, 15) is 4.79 Å². The van der Waals surface area contributed by atoms with Crippen LogP contribution in [-0.4, -0.2) is 25.6 Å². The summed E-state index contributed by atoms with van der Waals surface area (Å²) in [7, 11) is 0. The Morgan fingerprint density at radius 2 is 2.15 bits per heavy atom. The van der Waals surface area contributed by atoms with Crippen LogP contribution in [0.3, 0.4) is 0 Å². The number of H-pyrrole nitrogens is 1. The molecule has 0 fully saturated rings. The van der Waals surface area contributed by atoms with E-state index >= 15 is 0 Å². The Morgan fingerprint density at radius 3 is 2.95 bits per heavy atom. The lowest BCUT2D eigenvalue weighted by atomic mass is 10.1. The summed E-state index contributed by atoms with van der Waals surface area (Å²) in [6, 6.07) is 12.2. The molecule has 6 heteroatoms. The van der Waals surface area contributed by atoms with Crippen molar-refractivity contribution in [2.24, 2.45) is 0 Å². The van der Waals surface area contributed by atoms with Crippen molar-refractivity contribution in [3.63, 3.8) is 0 Å². The highest BCUT2D eigenvalue weighted by atomic mass is 16.1. The average molecular weight is 269 g/mol. The van der Waals surface area contributed by atoms with Crippen LogP contribution in [0, 0.1) is 0 Å². The second kappa shape index (κ2) is 5.16. The first-order chi connectivity index (χ1) is 9.72. The molecular weight excluding hydrogens is 254 g/mol. The fourth-order valence-electron chi connectivity index (χ4n) is 2.16. The number of fused-ring (bicyclic) bond motifs is 1. The molecule has 3 rings (SSSR count). The van der Waals surface area contributed by atoms with Gasteiger partial charge in [-0.3, -0.25) is 0 Å². The maximum atomic E-state index is 11.3. The van der Waals surface area contributed by atoms with E-state index in [1.165, 1.54) is 16.3 Å². The third-order valence-electron chi connectivity index (χ3n) is 3.09. The molecule has 2 heterocycles. The second-order valence-corrected chi connectivity index (χ2v) is 4.77. The summed E-state index contributed by atoms with van der Waals surface area (Å²) in [5.41, 5.74) is 1.54. The van der Waals surface area contributed by atoms with Crippen molar-refractivity contribution in [1.82, 2.24) is 19.6 Å². The van der Waals surface area contributed by atoms with Crippen LogP contribution in [0.4, 0.5) is 5.82 Å². The number of anilines is 1. The Bertz CT molecular complexity index is 762. The van der Waals surface area contributed by atoms with Gasteiger partial charge in [-0.15, -0.1) is 0 Å². The first-order valence-electron chi connectivity index (χ1n) is 6.45. The number of rotatable bonds is 4. The van der Waals surface area contributed by atoms with Crippen LogP contribution in [-0.2, 0) is 6.42 Å². The maximum Gasteiger partial charge on any atom is 0.348 e. The summed E-state index contributed by atoms with van der Waals surface area (Å²) in [6.07, 6.45) is 2.37. The minimum absolute atomic E-state index is 0.234. The molecule has 0 aliphatic carbocycles. The average Bonchev–Trinajstić information content (AvgIpc) is 2.81. The molecule has 6 nitrogen and oxygen atoms in total. The molecule has 0 spiro atoms. The van der Waals surface area contributed by atoms with Gasteiger partial charge in [0.2, 0.25) is 0 Å². The molecule has 0 radical (unpaired) electrons. The molecule has 2 N–H and O–H groups in total. The van der Waals surface area contributed by atoms with Gasteiger partial charge >= 0.3 is 5.69 Å². The molecule has 0 amide bonds. The van der Waals surface area contributed by atoms with Gasteiger partial charge in [-0.1, -0.05) is 30.3 Å². The van der Waals surface area contributed by atoms with Gasteiger partial charge in [-0.25, -0.2) is 19.3 Å². The number of hydrogen-bond acceptors (Lipinski definition) is 4. The van der Waals surface area contributed by atoms with E-state index in [-0.39, 0.29) is 11.7 Å². The van der Waals surface area contributed by atoms with Crippen LogP contribution >= 0.6 is 0 Å². The first kappa shape index (κ1) is 12.4. The van der Waals surface area contributed by atoms with Gasteiger partial charge in [0.25, 0.3) is 0 Å². The van der Waals surface area contributed by atoms with Gasteiger partial charge in [0.15, 0.2) is 5.65 Å². The second-order valence-electron chi connectivity index (χ2n) is 4.77. The predicted octanol–water partition coefficient (Wildman–Crippen LogP) is 1.46. The molecule has 1 atom stereocenters. The van der Waals surface area contributed by atoms with E-state index in [2.05, 4.69) is 39.6 Å². The number of aromatic nitrogens is 4. The predicted molar refractivity (Wildman–Crippen MR) is 76.8 cm³/mol. The number of nitrogens with zero attached hydrogens (tertiary/aromatic N) is 3. The maximum absolute atomic E-state index is 11.3. The topological polar surface area (TPSA) is 75.1 Å². The van der Waals surface area contributed by atoms with E-state index in [0.29, 0.717) is 11.5 Å². The fraction of sp³-hybridized carbons (Fsp3) is 0.214. The molecule has 20 heavy (non-hydrogen) atoms. The van der Waals surface area contributed by atoms with Crippen molar-refractivity contribution in [2.75, 3.05) is 5.32 Å². The lowest BCUT2D eigenvalue weighted by Gasteiger charge is -2.14. The molecular formula is C14H15N5O. The van der Waals surface area contributed by atoms with E-state index in [4.69, 9.17) is 0 Å². The largest absolute Gasteiger partial charge is 0.367 e. The molecule has 102 valence electrons. The lowest BCUT2D eigenvalue weighted by molar-refractivity contribution is 0.783. The molecule has 2 aromatic heterocycles. The van der Waals surface area contributed by atoms with Crippen LogP contribution in [0.5, 0.6) is 0 Å². The van der Waals surface area contributed by atoms with Gasteiger partial charge in [-0.2, -0.15) is 5.10 Å². The Hall–Kier alpha value is -2.63. The molecule has 0 bridgehead atoms. The van der Waals surface area contributed by atoms with Gasteiger partial charge in [0.05, 0.1) is 0 Å². The van der Waals surface area contributed by atoms with Crippen LogP contribution in [0.1, 0.15) is 12.5 Å². The summed E-state index contributed by atoms with van der Waals surface area (Å²) in [5, 5.41) is 9.61. The standard InChI is InChI=1S/C14H15N5O/c1-10(7-11-5-3-2-4-6-11)16-12-8-13-17-18-14(20)19(13)9-15-12/h2-6,8-10,16H,7H2,1H3,(H,18,20). The molecule has 1 unspecified atom stereocenters. The van der Waals surface area contributed by atoms with Gasteiger partial charge in [-0.05, 0) is 18.9 Å². The Labute approximate surface area is 115 Å². The molecule has 0 aliphatic heterocycles. The zero-order valence-corrected chi connectivity index (χ0v) is 11.1. The van der Waals surface area contributed by atoms with Gasteiger partial charge in [0.1, 0.15) is 12.1 Å². The number of hydrogen-bond donors (Lipinski definition) is 2. The smallest absolute Gasteiger partial charge is 0.348 e. The molecule has 1 aromatic carbocycles. The summed E-state index contributed by atoms with van der Waals surface area (Å²) in [5.74, 6) is 0.708. The Balaban J connectivity index is 1.74. The fourth-order valence-corrected chi connectivity index (χ4v) is 2.16. The molecule has 0 saturated heterocycles. The Morgan fingerprint density at radius 1 is 1.35 bits per heavy atom. The molecule has 0 aliphatic rings. The highest BCUT2D eigenvalue weighted by Gasteiger charge is 2.06. The lowest BCUT2D eigenvalue weighted by Crippen LogP contribution is -2.19. The number of nitrogens with one attached hydrogen (secondary N) is 2. The van der Waals surface area contributed by atoms with Crippen molar-refractivity contribution in [2.45, 2.75) is 19.4 Å². The SMILES string of the molecule is CC(Cc1ccccc1)Nc1cc2n[nH]c(=O)n2cn1. The normalized spacial score (nSPS) is 12.4. The van der Waals surface area contributed by atoms with Crippen molar-refractivity contribution in [3.8, 4) is 0 Å². The minimum atomic E-state index is -0.281. The minimum Gasteiger partial charge on any atom is -0.367 e. The van der Waals surface area contributed by atoms with Crippen LogP contribution in [0.2, 0.25) is 0 Å². The van der Waals surface area contributed by atoms with Crippen molar-refractivity contribution >= 4 is 11.5 Å². The number of aromatic amines is 1. The number of benzene rings is 1. The van der Waals surface area contributed by atoms with Crippen molar-refractivity contribution in [3.05, 3.63) is 58.8 Å². The third-order valence-corrected chi connectivity index (χ3v) is 3.09. The highest BCUT2D eigenvalue weighted by Crippen LogP contribution is 2.09.